The summed E-state index contributed by atoms with van der Waals surface area (Å²) >= 11 is 2.45. The minimum absolute atomic E-state index is 0.208. The molecule has 2 aromatic rings. The van der Waals surface area contributed by atoms with Crippen LogP contribution in [0.2, 0.25) is 0 Å². The summed E-state index contributed by atoms with van der Waals surface area (Å²) in [6, 6.07) is 1.81. The normalized spacial score (nSPS) is 10.4. The first-order valence-electron chi connectivity index (χ1n) is 7.71. The van der Waals surface area contributed by atoms with Gasteiger partial charge in [-0.1, -0.05) is 0 Å². The number of ether oxygens (including phenoxy) is 1. The van der Waals surface area contributed by atoms with Crippen LogP contribution in [0, 0.1) is 20.8 Å². The number of anilines is 1. The van der Waals surface area contributed by atoms with Gasteiger partial charge in [0, 0.05) is 11.9 Å². The molecule has 0 aliphatic heterocycles. The molecule has 2 rings (SSSR count). The summed E-state index contributed by atoms with van der Waals surface area (Å²) in [6.07, 6.45) is 0. The molecule has 25 heavy (non-hydrogen) atoms. The number of aryl methyl sites for hydroxylation is 2. The molecule has 0 spiro atoms. The molecular weight excluding hydrogens is 360 g/mol. The Hall–Kier alpha value is -2.19. The SMILES string of the molecule is CCOC(=O)c1c(NC(=O)c2cc(C)c(C)s2)sc(C(=O)NC)c1C. The van der Waals surface area contributed by atoms with Crippen molar-refractivity contribution in [3.05, 3.63) is 37.4 Å². The van der Waals surface area contributed by atoms with E-state index in [4.69, 9.17) is 4.74 Å². The van der Waals surface area contributed by atoms with Crippen molar-refractivity contribution in [3.8, 4) is 0 Å². The lowest BCUT2D eigenvalue weighted by atomic mass is 10.1. The zero-order chi connectivity index (χ0) is 18.7. The first-order valence-corrected chi connectivity index (χ1v) is 9.34. The summed E-state index contributed by atoms with van der Waals surface area (Å²) in [6.45, 7) is 7.46. The fourth-order valence-corrected chi connectivity index (χ4v) is 4.30. The molecular formula is C17H20N2O4S2. The lowest BCUT2D eigenvalue weighted by Crippen LogP contribution is -2.17. The van der Waals surface area contributed by atoms with Crippen molar-refractivity contribution in [2.24, 2.45) is 0 Å². The van der Waals surface area contributed by atoms with Gasteiger partial charge in [0.1, 0.15) is 5.00 Å². The Morgan fingerprint density at radius 2 is 1.80 bits per heavy atom. The second-order valence-corrected chi connectivity index (χ2v) is 7.64. The van der Waals surface area contributed by atoms with Crippen LogP contribution in [-0.2, 0) is 4.74 Å². The van der Waals surface area contributed by atoms with E-state index in [1.54, 1.807) is 19.9 Å². The smallest absolute Gasteiger partial charge is 0.341 e. The van der Waals surface area contributed by atoms with E-state index in [0.29, 0.717) is 20.3 Å². The van der Waals surface area contributed by atoms with Crippen LogP contribution < -0.4 is 10.6 Å². The van der Waals surface area contributed by atoms with Crippen molar-refractivity contribution in [2.45, 2.75) is 27.7 Å². The predicted octanol–water partition coefficient (Wildman–Crippen LogP) is 3.52. The minimum Gasteiger partial charge on any atom is -0.462 e. The fraction of sp³-hybridized carbons (Fsp3) is 0.353. The van der Waals surface area contributed by atoms with Gasteiger partial charge < -0.3 is 15.4 Å². The number of nitrogens with one attached hydrogen (secondary N) is 2. The highest BCUT2D eigenvalue weighted by Crippen LogP contribution is 2.34. The van der Waals surface area contributed by atoms with Gasteiger partial charge in [-0.05, 0) is 44.9 Å². The third-order valence-electron chi connectivity index (χ3n) is 3.68. The van der Waals surface area contributed by atoms with E-state index < -0.39 is 5.97 Å². The quantitative estimate of drug-likeness (QED) is 0.777. The van der Waals surface area contributed by atoms with E-state index in [1.807, 2.05) is 13.8 Å². The van der Waals surface area contributed by atoms with Crippen LogP contribution in [0.3, 0.4) is 0 Å². The molecule has 0 fully saturated rings. The Kier molecular flexibility index (Phi) is 5.97. The largest absolute Gasteiger partial charge is 0.462 e. The van der Waals surface area contributed by atoms with Gasteiger partial charge in [-0.3, -0.25) is 9.59 Å². The highest BCUT2D eigenvalue weighted by atomic mass is 32.1. The standard InChI is InChI=1S/C17H20N2O4S2/c1-6-23-17(22)12-9(3)13(15(21)18-5)25-16(12)19-14(20)11-7-8(2)10(4)24-11/h7H,6H2,1-5H3,(H,18,21)(H,19,20). The van der Waals surface area contributed by atoms with Crippen molar-refractivity contribution < 1.29 is 19.1 Å². The van der Waals surface area contributed by atoms with Gasteiger partial charge in [-0.2, -0.15) is 0 Å². The number of carbonyl (C=O) groups is 3. The molecule has 0 unspecified atom stereocenters. The molecule has 0 saturated carbocycles. The lowest BCUT2D eigenvalue weighted by molar-refractivity contribution is 0.0527. The molecule has 2 N–H and O–H groups in total. The lowest BCUT2D eigenvalue weighted by Gasteiger charge is -2.06. The average molecular weight is 380 g/mol. The van der Waals surface area contributed by atoms with Crippen LogP contribution in [0.25, 0.3) is 0 Å². The molecule has 134 valence electrons. The number of thiophene rings is 2. The van der Waals surface area contributed by atoms with Gasteiger partial charge >= 0.3 is 5.97 Å². The van der Waals surface area contributed by atoms with E-state index in [0.717, 1.165) is 21.8 Å². The second-order valence-electron chi connectivity index (χ2n) is 5.36. The fourth-order valence-electron chi connectivity index (χ4n) is 2.23. The van der Waals surface area contributed by atoms with Gasteiger partial charge in [0.15, 0.2) is 0 Å². The highest BCUT2D eigenvalue weighted by molar-refractivity contribution is 7.19. The molecule has 0 bridgehead atoms. The molecule has 0 radical (unpaired) electrons. The molecule has 2 aromatic heterocycles. The molecule has 0 saturated heterocycles. The van der Waals surface area contributed by atoms with Crippen LogP contribution in [0.1, 0.15) is 52.6 Å². The van der Waals surface area contributed by atoms with Gasteiger partial charge in [0.25, 0.3) is 11.8 Å². The van der Waals surface area contributed by atoms with Crippen molar-refractivity contribution in [1.29, 1.82) is 0 Å². The van der Waals surface area contributed by atoms with Crippen LogP contribution in [0.5, 0.6) is 0 Å². The zero-order valence-electron chi connectivity index (χ0n) is 14.7. The second kappa shape index (κ2) is 7.79. The molecule has 0 aromatic carbocycles. The number of rotatable bonds is 5. The summed E-state index contributed by atoms with van der Waals surface area (Å²) < 4.78 is 5.07. The number of esters is 1. The van der Waals surface area contributed by atoms with E-state index in [-0.39, 0.29) is 24.0 Å². The summed E-state index contributed by atoms with van der Waals surface area (Å²) in [7, 11) is 1.51. The van der Waals surface area contributed by atoms with E-state index in [2.05, 4.69) is 10.6 Å². The van der Waals surface area contributed by atoms with E-state index in [1.165, 1.54) is 18.4 Å². The first kappa shape index (κ1) is 19.1. The number of amides is 2. The van der Waals surface area contributed by atoms with Crippen molar-refractivity contribution in [1.82, 2.24) is 5.32 Å². The number of carbonyl (C=O) groups excluding carboxylic acids is 3. The zero-order valence-corrected chi connectivity index (χ0v) is 16.4. The topological polar surface area (TPSA) is 84.5 Å². The average Bonchev–Trinajstić information content (AvgIpc) is 3.07. The molecule has 0 aliphatic rings. The van der Waals surface area contributed by atoms with E-state index in [9.17, 15) is 14.4 Å². The molecule has 0 aliphatic carbocycles. The van der Waals surface area contributed by atoms with Gasteiger partial charge in [0.2, 0.25) is 0 Å². The molecule has 8 heteroatoms. The Labute approximate surface area is 154 Å². The maximum atomic E-state index is 12.5. The van der Waals surface area contributed by atoms with Crippen LogP contribution in [0.4, 0.5) is 5.00 Å². The Morgan fingerprint density at radius 3 is 2.32 bits per heavy atom. The number of hydrogen-bond donors (Lipinski definition) is 2. The Morgan fingerprint density at radius 1 is 1.12 bits per heavy atom. The molecule has 0 atom stereocenters. The van der Waals surface area contributed by atoms with Gasteiger partial charge in [-0.15, -0.1) is 22.7 Å². The maximum Gasteiger partial charge on any atom is 0.341 e. The van der Waals surface area contributed by atoms with Crippen molar-refractivity contribution in [2.75, 3.05) is 19.0 Å². The molecule has 2 heterocycles. The minimum atomic E-state index is -0.555. The molecule has 2 amide bonds. The van der Waals surface area contributed by atoms with Gasteiger partial charge in [0.05, 0.1) is 21.9 Å². The van der Waals surface area contributed by atoms with Gasteiger partial charge in [-0.25, -0.2) is 4.79 Å². The molecule has 6 nitrogen and oxygen atoms in total. The third-order valence-corrected chi connectivity index (χ3v) is 6.03. The van der Waals surface area contributed by atoms with Crippen molar-refractivity contribution >= 4 is 45.5 Å². The summed E-state index contributed by atoms with van der Waals surface area (Å²) in [5.74, 6) is -1.17. The van der Waals surface area contributed by atoms with Crippen LogP contribution in [-0.4, -0.2) is 31.4 Å². The summed E-state index contributed by atoms with van der Waals surface area (Å²) in [4.78, 5) is 38.8. The Balaban J connectivity index is 2.42. The summed E-state index contributed by atoms with van der Waals surface area (Å²) in [5, 5.41) is 5.62. The summed E-state index contributed by atoms with van der Waals surface area (Å²) in [5.41, 5.74) is 1.76. The predicted molar refractivity (Wildman–Crippen MR) is 100 cm³/mol. The number of hydrogen-bond acceptors (Lipinski definition) is 6. The third kappa shape index (κ3) is 3.91. The van der Waals surface area contributed by atoms with Crippen LogP contribution >= 0.6 is 22.7 Å². The highest BCUT2D eigenvalue weighted by Gasteiger charge is 2.26. The monoisotopic (exact) mass is 380 g/mol. The van der Waals surface area contributed by atoms with E-state index >= 15 is 0 Å². The van der Waals surface area contributed by atoms with Crippen LogP contribution in [0.15, 0.2) is 6.07 Å². The first-order chi connectivity index (χ1) is 11.8. The maximum absolute atomic E-state index is 12.5. The van der Waals surface area contributed by atoms with Crippen molar-refractivity contribution in [3.63, 3.8) is 0 Å². The Bertz CT molecular complexity index is 817.